The van der Waals surface area contributed by atoms with Gasteiger partial charge in [-0.25, -0.2) is 0 Å². The van der Waals surface area contributed by atoms with Crippen LogP contribution in [-0.4, -0.2) is 36.0 Å². The van der Waals surface area contributed by atoms with E-state index in [1.54, 1.807) is 19.1 Å². The van der Waals surface area contributed by atoms with Gasteiger partial charge in [-0.1, -0.05) is 22.9 Å². The lowest BCUT2D eigenvalue weighted by molar-refractivity contribution is 0.0284. The summed E-state index contributed by atoms with van der Waals surface area (Å²) < 4.78 is 29.2. The zero-order valence-corrected chi connectivity index (χ0v) is 13.9. The fourth-order valence-electron chi connectivity index (χ4n) is 1.72. The molecular formula is C15H16N4O5S. The molecule has 132 valence electrons. The first-order valence-electron chi connectivity index (χ1n) is 6.90. The number of hydroxylamine groups is 1. The molecule has 0 unspecified atom stereocenters. The topological polar surface area (TPSA) is 149 Å². The molecule has 0 radical (unpaired) electrons. The molecule has 2 rings (SSSR count). The van der Waals surface area contributed by atoms with Crippen molar-refractivity contribution in [3.63, 3.8) is 0 Å². The highest BCUT2D eigenvalue weighted by molar-refractivity contribution is 7.86. The number of nitrogens with two attached hydrogens (primary N) is 1. The lowest BCUT2D eigenvalue weighted by atomic mass is 10.2. The largest absolute Gasteiger partial charge is 0.508 e. The molecule has 25 heavy (non-hydrogen) atoms. The molecule has 9 nitrogen and oxygen atoms in total. The van der Waals surface area contributed by atoms with Crippen molar-refractivity contribution >= 4 is 22.3 Å². The summed E-state index contributed by atoms with van der Waals surface area (Å²) in [7, 11) is -4.25. The lowest BCUT2D eigenvalue weighted by Gasteiger charge is -2.15. The number of guanidine groups is 1. The maximum Gasteiger partial charge on any atom is 0.319 e. The van der Waals surface area contributed by atoms with Gasteiger partial charge in [0.2, 0.25) is 5.96 Å². The lowest BCUT2D eigenvalue weighted by Crippen LogP contribution is -2.34. The first kappa shape index (κ1) is 18.2. The number of nitrogens with one attached hydrogen (secondary N) is 1. The number of rotatable bonds is 5. The van der Waals surface area contributed by atoms with Crippen molar-refractivity contribution < 1.29 is 22.9 Å². The molecular weight excluding hydrogens is 348 g/mol. The summed E-state index contributed by atoms with van der Waals surface area (Å²) in [4.78, 5) is -0.132. The number of hydrogen-bond donors (Lipinski definition) is 4. The molecule has 5 N–H and O–H groups in total. The second-order valence-corrected chi connectivity index (χ2v) is 6.52. The molecule has 0 saturated heterocycles. The standard InChI is InChI=1S/C15H16N4O5S/c1-10-2-6-13(7-3-10)25(22,23)24-19(15(16)17)18-9-11-4-5-12(20)8-14(11)21/h2-9,20-21H,1H3,(H3,16,17). The van der Waals surface area contributed by atoms with Crippen LogP contribution in [0.15, 0.2) is 52.5 Å². The quantitative estimate of drug-likeness (QED) is 0.354. The Morgan fingerprint density at radius 3 is 2.44 bits per heavy atom. The summed E-state index contributed by atoms with van der Waals surface area (Å²) in [6.45, 7) is 1.80. The van der Waals surface area contributed by atoms with Crippen LogP contribution in [0, 0.1) is 12.3 Å². The Morgan fingerprint density at radius 1 is 1.24 bits per heavy atom. The summed E-state index contributed by atoms with van der Waals surface area (Å²) in [6, 6.07) is 9.57. The van der Waals surface area contributed by atoms with Gasteiger partial charge in [-0.3, -0.25) is 5.41 Å². The van der Waals surface area contributed by atoms with Gasteiger partial charge in [0.25, 0.3) is 0 Å². The average molecular weight is 364 g/mol. The first-order valence-corrected chi connectivity index (χ1v) is 8.31. The number of phenols is 2. The molecule has 0 aromatic heterocycles. The Hall–Kier alpha value is -3.11. The minimum absolute atomic E-state index is 0.132. The summed E-state index contributed by atoms with van der Waals surface area (Å²) in [5.41, 5.74) is 6.29. The fraction of sp³-hybridized carbons (Fsp3) is 0.0667. The Kier molecular flexibility index (Phi) is 5.25. The predicted molar refractivity (Wildman–Crippen MR) is 90.6 cm³/mol. The summed E-state index contributed by atoms with van der Waals surface area (Å²) in [6.07, 6.45) is 1.03. The van der Waals surface area contributed by atoms with Crippen LogP contribution in [0.2, 0.25) is 0 Å². The second-order valence-electron chi connectivity index (χ2n) is 4.99. The highest BCUT2D eigenvalue weighted by atomic mass is 32.2. The van der Waals surface area contributed by atoms with Crippen LogP contribution in [0.1, 0.15) is 11.1 Å². The zero-order valence-electron chi connectivity index (χ0n) is 13.1. The number of hydrazone groups is 1. The van der Waals surface area contributed by atoms with Crippen LogP contribution in [-0.2, 0) is 14.4 Å². The second kappa shape index (κ2) is 7.20. The van der Waals surface area contributed by atoms with E-state index < -0.39 is 16.1 Å². The smallest absolute Gasteiger partial charge is 0.319 e. The monoisotopic (exact) mass is 364 g/mol. The van der Waals surface area contributed by atoms with E-state index >= 15 is 0 Å². The predicted octanol–water partition coefficient (Wildman–Crippen LogP) is 1.26. The fourth-order valence-corrected chi connectivity index (χ4v) is 2.58. The van der Waals surface area contributed by atoms with E-state index in [2.05, 4.69) is 5.10 Å². The molecule has 0 saturated carbocycles. The maximum absolute atomic E-state index is 12.2. The van der Waals surface area contributed by atoms with Gasteiger partial charge in [-0.2, -0.15) is 8.42 Å². The Balaban J connectivity index is 2.25. The van der Waals surface area contributed by atoms with Gasteiger partial charge >= 0.3 is 10.1 Å². The number of aryl methyl sites for hydroxylation is 1. The van der Waals surface area contributed by atoms with Gasteiger partial charge in [0.05, 0.1) is 11.1 Å². The van der Waals surface area contributed by atoms with E-state index in [4.69, 9.17) is 15.4 Å². The highest BCUT2D eigenvalue weighted by Crippen LogP contribution is 2.21. The van der Waals surface area contributed by atoms with Crippen molar-refractivity contribution in [1.82, 2.24) is 5.17 Å². The van der Waals surface area contributed by atoms with Crippen molar-refractivity contribution in [1.29, 1.82) is 5.41 Å². The van der Waals surface area contributed by atoms with E-state index in [-0.39, 0.29) is 22.0 Å². The third kappa shape index (κ3) is 4.68. The van der Waals surface area contributed by atoms with Crippen molar-refractivity contribution in [3.8, 4) is 11.5 Å². The van der Waals surface area contributed by atoms with Gasteiger partial charge in [-0.05, 0) is 31.2 Å². The number of phenolic OH excluding ortho intramolecular Hbond substituents is 2. The molecule has 0 atom stereocenters. The summed E-state index contributed by atoms with van der Waals surface area (Å²) in [5.74, 6) is -1.24. The van der Waals surface area contributed by atoms with Crippen molar-refractivity contribution in [3.05, 3.63) is 53.6 Å². The number of hydrogen-bond acceptors (Lipinski definition) is 7. The summed E-state index contributed by atoms with van der Waals surface area (Å²) in [5, 5.41) is 30.2. The molecule has 0 spiro atoms. The highest BCUT2D eigenvalue weighted by Gasteiger charge is 2.21. The van der Waals surface area contributed by atoms with Crippen LogP contribution in [0.25, 0.3) is 0 Å². The molecule has 0 aliphatic rings. The van der Waals surface area contributed by atoms with Gasteiger partial charge in [0.15, 0.2) is 0 Å². The van der Waals surface area contributed by atoms with Crippen molar-refractivity contribution in [2.24, 2.45) is 10.8 Å². The van der Waals surface area contributed by atoms with E-state index in [1.807, 2.05) is 0 Å². The zero-order chi connectivity index (χ0) is 18.6. The van der Waals surface area contributed by atoms with E-state index in [1.165, 1.54) is 24.3 Å². The number of nitrogens with zero attached hydrogens (tertiary/aromatic N) is 2. The Labute approximate surface area is 144 Å². The van der Waals surface area contributed by atoms with Crippen molar-refractivity contribution in [2.45, 2.75) is 11.8 Å². The SMILES string of the molecule is Cc1ccc(S(=O)(=O)ON(N=Cc2ccc(O)cc2O)C(=N)N)cc1. The Bertz CT molecular complexity index is 910. The molecule has 0 bridgehead atoms. The van der Waals surface area contributed by atoms with Crippen LogP contribution in [0.4, 0.5) is 0 Å². The summed E-state index contributed by atoms with van der Waals surface area (Å²) >= 11 is 0. The molecule has 0 amide bonds. The van der Waals surface area contributed by atoms with E-state index in [0.29, 0.717) is 5.17 Å². The van der Waals surface area contributed by atoms with Crippen molar-refractivity contribution in [2.75, 3.05) is 0 Å². The van der Waals surface area contributed by atoms with Gasteiger partial charge in [0, 0.05) is 11.6 Å². The normalized spacial score (nSPS) is 11.6. The van der Waals surface area contributed by atoms with Crippen LogP contribution in [0.5, 0.6) is 11.5 Å². The number of benzene rings is 2. The van der Waals surface area contributed by atoms with Gasteiger partial charge < -0.3 is 15.9 Å². The van der Waals surface area contributed by atoms with E-state index in [0.717, 1.165) is 17.8 Å². The van der Waals surface area contributed by atoms with Crippen LogP contribution < -0.4 is 5.73 Å². The third-order valence-corrected chi connectivity index (χ3v) is 4.19. The average Bonchev–Trinajstić information content (AvgIpc) is 2.53. The molecule has 10 heteroatoms. The molecule has 2 aromatic rings. The molecule has 0 fully saturated rings. The minimum atomic E-state index is -4.25. The number of aromatic hydroxyl groups is 2. The first-order chi connectivity index (χ1) is 11.7. The molecule has 0 aliphatic heterocycles. The molecule has 2 aromatic carbocycles. The van der Waals surface area contributed by atoms with E-state index in [9.17, 15) is 18.6 Å². The van der Waals surface area contributed by atoms with Gasteiger partial charge in [-0.15, -0.1) is 9.39 Å². The maximum atomic E-state index is 12.2. The molecule has 0 heterocycles. The van der Waals surface area contributed by atoms with Gasteiger partial charge in [0.1, 0.15) is 11.5 Å². The van der Waals surface area contributed by atoms with Crippen LogP contribution in [0.3, 0.4) is 0 Å². The third-order valence-electron chi connectivity index (χ3n) is 3.00. The molecule has 0 aliphatic carbocycles. The Morgan fingerprint density at radius 2 is 1.88 bits per heavy atom. The van der Waals surface area contributed by atoms with Crippen LogP contribution >= 0.6 is 0 Å². The minimum Gasteiger partial charge on any atom is -0.508 e.